The van der Waals surface area contributed by atoms with Gasteiger partial charge in [0.2, 0.25) is 5.91 Å². The summed E-state index contributed by atoms with van der Waals surface area (Å²) in [6, 6.07) is 0.293. The number of nitrogens with one attached hydrogen (secondary N) is 2. The highest BCUT2D eigenvalue weighted by Crippen LogP contribution is 2.48. The first-order valence-electron chi connectivity index (χ1n) is 7.71. The van der Waals surface area contributed by atoms with Crippen LogP contribution in [0.15, 0.2) is 0 Å². The minimum absolute atomic E-state index is 0. The molecule has 0 aromatic rings. The molecule has 0 spiro atoms. The first kappa shape index (κ1) is 17.7. The van der Waals surface area contributed by atoms with Gasteiger partial charge in [-0.15, -0.1) is 12.4 Å². The van der Waals surface area contributed by atoms with Gasteiger partial charge in [-0.1, -0.05) is 13.8 Å². The van der Waals surface area contributed by atoms with Gasteiger partial charge >= 0.3 is 0 Å². The lowest BCUT2D eigenvalue weighted by Crippen LogP contribution is -2.65. The zero-order valence-electron chi connectivity index (χ0n) is 12.9. The molecule has 20 heavy (non-hydrogen) atoms. The molecular weight excluding hydrogens is 276 g/mol. The number of halogens is 1. The highest BCUT2D eigenvalue weighted by Gasteiger charge is 2.53. The highest BCUT2D eigenvalue weighted by molar-refractivity contribution is 5.85. The molecule has 2 rings (SSSR count). The largest absolute Gasteiger partial charge is 0.381 e. The molecule has 3 unspecified atom stereocenters. The number of hydrogen-bond acceptors (Lipinski definition) is 3. The molecule has 2 N–H and O–H groups in total. The monoisotopic (exact) mass is 304 g/mol. The van der Waals surface area contributed by atoms with E-state index in [1.54, 1.807) is 7.11 Å². The molecule has 0 radical (unpaired) electrons. The Labute approximate surface area is 128 Å². The second-order valence-electron chi connectivity index (χ2n) is 6.00. The number of ether oxygens (including phenoxy) is 1. The van der Waals surface area contributed by atoms with E-state index in [2.05, 4.69) is 24.5 Å². The molecule has 1 saturated carbocycles. The van der Waals surface area contributed by atoms with Gasteiger partial charge in [-0.2, -0.15) is 0 Å². The zero-order valence-corrected chi connectivity index (χ0v) is 13.7. The van der Waals surface area contributed by atoms with Crippen LogP contribution in [0.2, 0.25) is 0 Å². The van der Waals surface area contributed by atoms with Crippen molar-refractivity contribution in [2.24, 2.45) is 11.3 Å². The maximum Gasteiger partial charge on any atom is 0.224 e. The summed E-state index contributed by atoms with van der Waals surface area (Å²) in [6.07, 6.45) is 5.52. The van der Waals surface area contributed by atoms with Crippen molar-refractivity contribution >= 4 is 18.3 Å². The molecule has 0 aromatic carbocycles. The third-order valence-corrected chi connectivity index (χ3v) is 5.37. The molecule has 5 heteroatoms. The Hall–Kier alpha value is -0.320. The summed E-state index contributed by atoms with van der Waals surface area (Å²) in [5.41, 5.74) is 0.145. The molecule has 1 saturated heterocycles. The molecular formula is C15H29ClN2O2. The predicted molar refractivity (Wildman–Crippen MR) is 83.2 cm³/mol. The van der Waals surface area contributed by atoms with Crippen LogP contribution in [0, 0.1) is 11.3 Å². The number of piperidine rings is 1. The summed E-state index contributed by atoms with van der Waals surface area (Å²) >= 11 is 0. The summed E-state index contributed by atoms with van der Waals surface area (Å²) < 4.78 is 5.58. The second-order valence-corrected chi connectivity index (χ2v) is 6.00. The number of methoxy groups -OCH3 is 1. The van der Waals surface area contributed by atoms with Gasteiger partial charge in [0.1, 0.15) is 0 Å². The van der Waals surface area contributed by atoms with E-state index >= 15 is 0 Å². The third kappa shape index (κ3) is 3.12. The summed E-state index contributed by atoms with van der Waals surface area (Å²) in [4.78, 5) is 12.3. The molecule has 1 heterocycles. The van der Waals surface area contributed by atoms with Crippen LogP contribution >= 0.6 is 12.4 Å². The normalized spacial score (nSPS) is 31.9. The minimum atomic E-state index is 0. The first-order chi connectivity index (χ1) is 9.17. The molecule has 0 bridgehead atoms. The Morgan fingerprint density at radius 2 is 2.10 bits per heavy atom. The Bertz CT molecular complexity index is 315. The van der Waals surface area contributed by atoms with Gasteiger partial charge in [0.15, 0.2) is 0 Å². The van der Waals surface area contributed by atoms with Crippen LogP contribution in [0.5, 0.6) is 0 Å². The maximum atomic E-state index is 12.3. The van der Waals surface area contributed by atoms with Crippen LogP contribution in [-0.4, -0.2) is 38.3 Å². The average Bonchev–Trinajstić information content (AvgIpc) is 2.45. The number of amides is 1. The van der Waals surface area contributed by atoms with Gasteiger partial charge in [-0.05, 0) is 38.6 Å². The number of rotatable bonds is 5. The molecule has 0 aromatic heterocycles. The fraction of sp³-hybridized carbons (Fsp3) is 0.933. The van der Waals surface area contributed by atoms with Crippen LogP contribution < -0.4 is 10.6 Å². The van der Waals surface area contributed by atoms with E-state index in [4.69, 9.17) is 4.74 Å². The van der Waals surface area contributed by atoms with E-state index in [0.29, 0.717) is 12.1 Å². The van der Waals surface area contributed by atoms with Crippen molar-refractivity contribution in [3.05, 3.63) is 0 Å². The quantitative estimate of drug-likeness (QED) is 0.818. The van der Waals surface area contributed by atoms with Gasteiger partial charge in [-0.3, -0.25) is 4.79 Å². The zero-order chi connectivity index (χ0) is 13.9. The SMILES string of the molecule is CCC1(CC)C(NC(=O)C2CCCNC2)CC1OC.Cl. The topological polar surface area (TPSA) is 50.4 Å². The van der Waals surface area contributed by atoms with Gasteiger partial charge in [-0.25, -0.2) is 0 Å². The number of hydrogen-bond donors (Lipinski definition) is 2. The van der Waals surface area contributed by atoms with Crippen LogP contribution in [-0.2, 0) is 9.53 Å². The summed E-state index contributed by atoms with van der Waals surface area (Å²) in [7, 11) is 1.79. The van der Waals surface area contributed by atoms with Crippen molar-refractivity contribution in [1.82, 2.24) is 10.6 Å². The number of carbonyl (C=O) groups excluding carboxylic acids is 1. The Balaban J connectivity index is 0.00000200. The van der Waals surface area contributed by atoms with Gasteiger partial charge in [0.25, 0.3) is 0 Å². The Morgan fingerprint density at radius 3 is 2.60 bits per heavy atom. The average molecular weight is 305 g/mol. The molecule has 2 aliphatic rings. The van der Waals surface area contributed by atoms with Crippen LogP contribution in [0.4, 0.5) is 0 Å². The summed E-state index contributed by atoms with van der Waals surface area (Å²) in [6.45, 7) is 6.29. The molecule has 118 valence electrons. The molecule has 1 aliphatic carbocycles. The molecule has 1 aliphatic heterocycles. The van der Waals surface area contributed by atoms with E-state index in [1.807, 2.05) is 0 Å². The smallest absolute Gasteiger partial charge is 0.224 e. The molecule has 1 amide bonds. The van der Waals surface area contributed by atoms with E-state index in [-0.39, 0.29) is 29.6 Å². The Morgan fingerprint density at radius 1 is 1.40 bits per heavy atom. The lowest BCUT2D eigenvalue weighted by Gasteiger charge is -2.55. The molecule has 3 atom stereocenters. The van der Waals surface area contributed by atoms with Crippen LogP contribution in [0.1, 0.15) is 46.0 Å². The van der Waals surface area contributed by atoms with Crippen molar-refractivity contribution in [3.63, 3.8) is 0 Å². The third-order valence-electron chi connectivity index (χ3n) is 5.37. The van der Waals surface area contributed by atoms with Crippen molar-refractivity contribution < 1.29 is 9.53 Å². The van der Waals surface area contributed by atoms with Crippen LogP contribution in [0.3, 0.4) is 0 Å². The van der Waals surface area contributed by atoms with Crippen molar-refractivity contribution in [3.8, 4) is 0 Å². The van der Waals surface area contributed by atoms with E-state index in [9.17, 15) is 4.79 Å². The van der Waals surface area contributed by atoms with E-state index < -0.39 is 0 Å². The minimum Gasteiger partial charge on any atom is -0.381 e. The Kier molecular flexibility index (Phi) is 6.76. The number of carbonyl (C=O) groups is 1. The predicted octanol–water partition coefficient (Wildman–Crippen LogP) is 2.12. The van der Waals surface area contributed by atoms with Crippen molar-refractivity contribution in [1.29, 1.82) is 0 Å². The fourth-order valence-electron chi connectivity index (χ4n) is 3.84. The standard InChI is InChI=1S/C15H28N2O2.ClH/c1-4-15(5-2)12(9-13(15)19-3)17-14(18)11-7-6-8-16-10-11;/h11-13,16H,4-10H2,1-3H3,(H,17,18);1H. The van der Waals surface area contributed by atoms with Gasteiger partial charge in [0.05, 0.1) is 12.0 Å². The van der Waals surface area contributed by atoms with Crippen LogP contribution in [0.25, 0.3) is 0 Å². The second kappa shape index (κ2) is 7.62. The van der Waals surface area contributed by atoms with Crippen molar-refractivity contribution in [2.75, 3.05) is 20.2 Å². The summed E-state index contributed by atoms with van der Waals surface area (Å²) in [5, 5.41) is 6.59. The molecule has 4 nitrogen and oxygen atoms in total. The summed E-state index contributed by atoms with van der Waals surface area (Å²) in [5.74, 6) is 0.389. The maximum absolute atomic E-state index is 12.3. The molecule has 2 fully saturated rings. The first-order valence-corrected chi connectivity index (χ1v) is 7.71. The fourth-order valence-corrected chi connectivity index (χ4v) is 3.84. The highest BCUT2D eigenvalue weighted by atomic mass is 35.5. The van der Waals surface area contributed by atoms with E-state index in [1.165, 1.54) is 0 Å². The van der Waals surface area contributed by atoms with Crippen molar-refractivity contribution in [2.45, 2.75) is 58.1 Å². The lowest BCUT2D eigenvalue weighted by molar-refractivity contribution is -0.144. The van der Waals surface area contributed by atoms with E-state index in [0.717, 1.165) is 45.2 Å². The van der Waals surface area contributed by atoms with Gasteiger partial charge in [0, 0.05) is 25.1 Å². The lowest BCUT2D eigenvalue weighted by atomic mass is 9.58. The van der Waals surface area contributed by atoms with Gasteiger partial charge < -0.3 is 15.4 Å².